The molecule has 82 valence electrons. The first-order chi connectivity index (χ1) is 6.93. The number of hydrogen-bond acceptors (Lipinski definition) is 3. The van der Waals surface area contributed by atoms with Crippen LogP contribution in [0.5, 0.6) is 0 Å². The molecule has 0 fully saturated rings. The molecule has 0 unspecified atom stereocenters. The summed E-state index contributed by atoms with van der Waals surface area (Å²) < 4.78 is 1.29. The van der Waals surface area contributed by atoms with E-state index in [1.165, 1.54) is 4.68 Å². The van der Waals surface area contributed by atoms with Crippen LogP contribution < -0.4 is 11.1 Å². The van der Waals surface area contributed by atoms with Gasteiger partial charge in [-0.15, -0.1) is 0 Å². The van der Waals surface area contributed by atoms with Crippen molar-refractivity contribution in [3.63, 3.8) is 0 Å². The fraction of sp³-hybridized carbons (Fsp3) is 0.400. The summed E-state index contributed by atoms with van der Waals surface area (Å²) in [6, 6.07) is -0.383. The van der Waals surface area contributed by atoms with E-state index < -0.39 is 0 Å². The molecule has 0 aliphatic rings. The van der Waals surface area contributed by atoms with E-state index in [1.54, 1.807) is 6.20 Å². The Morgan fingerprint density at radius 3 is 2.67 bits per heavy atom. The minimum atomic E-state index is -0.383. The molecule has 1 heterocycles. The predicted molar refractivity (Wildman–Crippen MR) is 58.3 cm³/mol. The number of amides is 1. The van der Waals surface area contributed by atoms with Crippen molar-refractivity contribution in [3.05, 3.63) is 29.9 Å². The largest absolute Gasteiger partial charge is 0.386 e. The third-order valence-corrected chi connectivity index (χ3v) is 2.13. The van der Waals surface area contributed by atoms with Crippen molar-refractivity contribution in [2.75, 3.05) is 0 Å². The highest BCUT2D eigenvalue weighted by Gasteiger charge is 2.14. The smallest absolute Gasteiger partial charge is 0.347 e. The van der Waals surface area contributed by atoms with E-state index in [0.717, 1.165) is 11.3 Å². The van der Waals surface area contributed by atoms with Gasteiger partial charge in [-0.2, -0.15) is 9.78 Å². The van der Waals surface area contributed by atoms with Crippen LogP contribution in [0, 0.1) is 6.92 Å². The van der Waals surface area contributed by atoms with Gasteiger partial charge in [0.15, 0.2) is 0 Å². The van der Waals surface area contributed by atoms with Crippen molar-refractivity contribution >= 4 is 6.03 Å². The Labute approximate surface area is 89.0 Å². The summed E-state index contributed by atoms with van der Waals surface area (Å²) in [5, 5.41) is 6.39. The molecule has 0 saturated heterocycles. The van der Waals surface area contributed by atoms with Crippen LogP contribution in [0.1, 0.15) is 31.0 Å². The molecule has 1 rings (SSSR count). The third kappa shape index (κ3) is 2.37. The van der Waals surface area contributed by atoms with Gasteiger partial charge in [0.1, 0.15) is 0 Å². The molecule has 15 heavy (non-hydrogen) atoms. The second-order valence-electron chi connectivity index (χ2n) is 3.71. The van der Waals surface area contributed by atoms with Gasteiger partial charge in [0.25, 0.3) is 0 Å². The lowest BCUT2D eigenvalue weighted by Crippen LogP contribution is -2.32. The lowest BCUT2D eigenvalue weighted by Gasteiger charge is -2.07. The Kier molecular flexibility index (Phi) is 3.14. The van der Waals surface area contributed by atoms with Crippen molar-refractivity contribution in [1.82, 2.24) is 15.1 Å². The number of nitrogens with two attached hydrogens (primary N) is 1. The highest BCUT2D eigenvalue weighted by atomic mass is 16.2. The van der Waals surface area contributed by atoms with Gasteiger partial charge in [0.2, 0.25) is 0 Å². The molecule has 3 N–H and O–H groups in total. The summed E-state index contributed by atoms with van der Waals surface area (Å²) >= 11 is 0. The number of nitrogens with one attached hydrogen (secondary N) is 1. The first-order valence-electron chi connectivity index (χ1n) is 4.73. The molecule has 5 heteroatoms. The minimum Gasteiger partial charge on any atom is -0.386 e. The van der Waals surface area contributed by atoms with Gasteiger partial charge in [0.05, 0.1) is 12.0 Å². The van der Waals surface area contributed by atoms with Crippen LogP contribution in [0.15, 0.2) is 18.6 Å². The predicted octanol–water partition coefficient (Wildman–Crippen LogP) is 1.30. The molecular formula is C10H16N4O. The topological polar surface area (TPSA) is 72.9 Å². The van der Waals surface area contributed by atoms with E-state index in [9.17, 15) is 4.79 Å². The number of hydrogen-bond donors (Lipinski definition) is 2. The standard InChI is InChI=1S/C10H16N4O/c1-6(2)9-5-12-14(7(9)3)10(15)13-8(4)11/h5-6H,4,11H2,1-3H3,(H,13,15). The van der Waals surface area contributed by atoms with E-state index in [-0.39, 0.29) is 11.9 Å². The van der Waals surface area contributed by atoms with Crippen LogP contribution >= 0.6 is 0 Å². The summed E-state index contributed by atoms with van der Waals surface area (Å²) in [5.41, 5.74) is 7.15. The molecule has 0 saturated carbocycles. The fourth-order valence-corrected chi connectivity index (χ4v) is 1.38. The molecule has 5 nitrogen and oxygen atoms in total. The molecular weight excluding hydrogens is 192 g/mol. The second kappa shape index (κ2) is 4.16. The maximum atomic E-state index is 11.6. The molecule has 0 spiro atoms. The van der Waals surface area contributed by atoms with Gasteiger partial charge in [-0.3, -0.25) is 5.32 Å². The van der Waals surface area contributed by atoms with E-state index in [4.69, 9.17) is 5.73 Å². The normalized spacial score (nSPS) is 10.4. The van der Waals surface area contributed by atoms with Gasteiger partial charge in [-0.1, -0.05) is 20.4 Å². The zero-order valence-electron chi connectivity index (χ0n) is 9.24. The van der Waals surface area contributed by atoms with Gasteiger partial charge >= 0.3 is 6.03 Å². The van der Waals surface area contributed by atoms with Crippen molar-refractivity contribution in [1.29, 1.82) is 0 Å². The summed E-state index contributed by atoms with van der Waals surface area (Å²) in [6.45, 7) is 9.34. The number of aromatic nitrogens is 2. The van der Waals surface area contributed by atoms with Crippen molar-refractivity contribution in [2.24, 2.45) is 5.73 Å². The van der Waals surface area contributed by atoms with Crippen LogP contribution in [0.3, 0.4) is 0 Å². The minimum absolute atomic E-state index is 0.112. The average Bonchev–Trinajstić information content (AvgIpc) is 2.45. The zero-order valence-corrected chi connectivity index (χ0v) is 9.24. The van der Waals surface area contributed by atoms with E-state index in [1.807, 2.05) is 20.8 Å². The first kappa shape index (κ1) is 11.3. The fourth-order valence-electron chi connectivity index (χ4n) is 1.38. The zero-order chi connectivity index (χ0) is 11.6. The summed E-state index contributed by atoms with van der Waals surface area (Å²) in [6.07, 6.45) is 1.69. The summed E-state index contributed by atoms with van der Waals surface area (Å²) in [5.74, 6) is 0.452. The lowest BCUT2D eigenvalue weighted by molar-refractivity contribution is 0.241. The van der Waals surface area contributed by atoms with Gasteiger partial charge in [0, 0.05) is 5.69 Å². The summed E-state index contributed by atoms with van der Waals surface area (Å²) in [7, 11) is 0. The Morgan fingerprint density at radius 1 is 1.67 bits per heavy atom. The third-order valence-electron chi connectivity index (χ3n) is 2.13. The molecule has 0 radical (unpaired) electrons. The summed E-state index contributed by atoms with van der Waals surface area (Å²) in [4.78, 5) is 11.6. The van der Waals surface area contributed by atoms with Gasteiger partial charge < -0.3 is 5.73 Å². The monoisotopic (exact) mass is 208 g/mol. The molecule has 1 aromatic heterocycles. The molecule has 1 aromatic rings. The number of carbonyl (C=O) groups is 1. The number of carbonyl (C=O) groups excluding carboxylic acids is 1. The quantitative estimate of drug-likeness (QED) is 0.769. The van der Waals surface area contributed by atoms with Gasteiger partial charge in [-0.25, -0.2) is 4.79 Å². The Bertz CT molecular complexity index is 392. The molecule has 0 aliphatic heterocycles. The molecule has 0 aromatic carbocycles. The van der Waals surface area contributed by atoms with Crippen molar-refractivity contribution in [2.45, 2.75) is 26.7 Å². The molecule has 0 atom stereocenters. The van der Waals surface area contributed by atoms with Crippen LogP contribution in [0.4, 0.5) is 4.79 Å². The van der Waals surface area contributed by atoms with Crippen LogP contribution in [0.2, 0.25) is 0 Å². The van der Waals surface area contributed by atoms with E-state index in [2.05, 4.69) is 17.0 Å². The molecule has 1 amide bonds. The maximum Gasteiger partial charge on any atom is 0.347 e. The Balaban J connectivity index is 2.96. The average molecular weight is 208 g/mol. The van der Waals surface area contributed by atoms with E-state index in [0.29, 0.717) is 5.92 Å². The molecule has 0 aliphatic carbocycles. The van der Waals surface area contributed by atoms with Crippen LogP contribution in [-0.2, 0) is 0 Å². The highest BCUT2D eigenvalue weighted by Crippen LogP contribution is 2.17. The lowest BCUT2D eigenvalue weighted by atomic mass is 10.1. The first-order valence-corrected chi connectivity index (χ1v) is 4.73. The van der Waals surface area contributed by atoms with Gasteiger partial charge in [-0.05, 0) is 18.4 Å². The SMILES string of the molecule is C=C(N)NC(=O)n1ncc(C(C)C)c1C. The highest BCUT2D eigenvalue weighted by molar-refractivity contribution is 5.78. The Morgan fingerprint density at radius 2 is 2.27 bits per heavy atom. The van der Waals surface area contributed by atoms with E-state index >= 15 is 0 Å². The second-order valence-corrected chi connectivity index (χ2v) is 3.71. The Hall–Kier alpha value is -1.78. The van der Waals surface area contributed by atoms with Crippen molar-refractivity contribution < 1.29 is 4.79 Å². The molecule has 0 bridgehead atoms. The van der Waals surface area contributed by atoms with Crippen LogP contribution in [0.25, 0.3) is 0 Å². The maximum absolute atomic E-state index is 11.6. The number of rotatable bonds is 2. The van der Waals surface area contributed by atoms with Crippen LogP contribution in [-0.4, -0.2) is 15.8 Å². The van der Waals surface area contributed by atoms with Crippen molar-refractivity contribution in [3.8, 4) is 0 Å². The number of nitrogens with zero attached hydrogens (tertiary/aromatic N) is 2.